The molecule has 2 unspecified atom stereocenters. The van der Waals surface area contributed by atoms with E-state index in [0.717, 1.165) is 40.6 Å². The van der Waals surface area contributed by atoms with Crippen molar-refractivity contribution in [2.75, 3.05) is 13.2 Å². The maximum Gasteiger partial charge on any atom is 0.138 e. The van der Waals surface area contributed by atoms with Gasteiger partial charge in [0.1, 0.15) is 24.3 Å². The number of aromatic nitrogens is 2. The molecular weight excluding hydrogens is 489 g/mol. The van der Waals surface area contributed by atoms with E-state index in [2.05, 4.69) is 52.5 Å². The minimum atomic E-state index is -0.563. The second kappa shape index (κ2) is 14.1. The zero-order chi connectivity index (χ0) is 22.2. The monoisotopic (exact) mass is 519 g/mol. The van der Waals surface area contributed by atoms with E-state index in [1.54, 1.807) is 11.3 Å². The lowest BCUT2D eigenvalue weighted by Crippen LogP contribution is -2.36. The molecule has 2 aromatic heterocycles. The molecule has 2 atom stereocenters. The van der Waals surface area contributed by atoms with Crippen LogP contribution in [0.25, 0.3) is 22.0 Å². The smallest absolute Gasteiger partial charge is 0.138 e. The quantitative estimate of drug-likeness (QED) is 0.227. The molecule has 0 amide bonds. The lowest BCUT2D eigenvalue weighted by molar-refractivity contribution is 0.104. The summed E-state index contributed by atoms with van der Waals surface area (Å²) in [4.78, 5) is 9.05. The van der Waals surface area contributed by atoms with E-state index in [0.29, 0.717) is 12.6 Å². The standard InChI is InChI=1S/C26H29N3O2S.2ClH/c1-19(9-10-20-6-3-2-4-7-20)27-16-22(30)18-31-23-13-11-21(12-14-23)26-28-17-24(29-26)25-8-5-15-32-25;;/h2-8,11-15,17,19,22,27,30H,9-10,16,18H2,1H3,(H,28,29);2*1H. The number of aryl methyl sites for hydroxylation is 1. The van der Waals surface area contributed by atoms with Crippen molar-refractivity contribution in [2.45, 2.75) is 31.9 Å². The lowest BCUT2D eigenvalue weighted by Gasteiger charge is -2.17. The first-order chi connectivity index (χ1) is 15.7. The van der Waals surface area contributed by atoms with Crippen molar-refractivity contribution in [3.05, 3.63) is 83.9 Å². The van der Waals surface area contributed by atoms with Crippen molar-refractivity contribution in [2.24, 2.45) is 0 Å². The van der Waals surface area contributed by atoms with Gasteiger partial charge in [-0.25, -0.2) is 4.98 Å². The predicted molar refractivity (Wildman–Crippen MR) is 146 cm³/mol. The van der Waals surface area contributed by atoms with Gasteiger partial charge in [-0.3, -0.25) is 0 Å². The summed E-state index contributed by atoms with van der Waals surface area (Å²) >= 11 is 1.67. The number of aliphatic hydroxyl groups is 1. The van der Waals surface area contributed by atoms with Gasteiger partial charge in [0.2, 0.25) is 0 Å². The SMILES string of the molecule is CC(CCc1ccccc1)NCC(O)COc1ccc(-c2nc(-c3cccs3)c[nH]2)cc1.Cl.Cl. The van der Waals surface area contributed by atoms with Crippen LogP contribution in [0.4, 0.5) is 0 Å². The Kier molecular flexibility index (Phi) is 11.6. The summed E-state index contributed by atoms with van der Waals surface area (Å²) < 4.78 is 5.77. The molecule has 0 aliphatic rings. The van der Waals surface area contributed by atoms with Gasteiger partial charge >= 0.3 is 0 Å². The van der Waals surface area contributed by atoms with Crippen LogP contribution >= 0.6 is 36.2 Å². The molecule has 3 N–H and O–H groups in total. The molecule has 4 rings (SSSR count). The maximum absolute atomic E-state index is 10.3. The van der Waals surface area contributed by atoms with Crippen molar-refractivity contribution in [3.8, 4) is 27.7 Å². The molecule has 0 spiro atoms. The van der Waals surface area contributed by atoms with Gasteiger partial charge in [-0.2, -0.15) is 0 Å². The van der Waals surface area contributed by atoms with Crippen molar-refractivity contribution >= 4 is 36.2 Å². The molecule has 0 aliphatic carbocycles. The molecule has 2 aromatic carbocycles. The fraction of sp³-hybridized carbons (Fsp3) is 0.269. The van der Waals surface area contributed by atoms with E-state index in [1.807, 2.05) is 48.0 Å². The number of thiophene rings is 1. The van der Waals surface area contributed by atoms with Crippen molar-refractivity contribution in [1.82, 2.24) is 15.3 Å². The summed E-state index contributed by atoms with van der Waals surface area (Å²) in [6, 6.07) is 22.6. The predicted octanol–water partition coefficient (Wildman–Crippen LogP) is 6.00. The number of hydrogen-bond donors (Lipinski definition) is 3. The van der Waals surface area contributed by atoms with E-state index >= 15 is 0 Å². The molecule has 182 valence electrons. The third-order valence-corrected chi connectivity index (χ3v) is 6.22. The zero-order valence-corrected chi connectivity index (χ0v) is 21.5. The Hall–Kier alpha value is -2.35. The lowest BCUT2D eigenvalue weighted by atomic mass is 10.1. The highest BCUT2D eigenvalue weighted by Gasteiger charge is 2.10. The Morgan fingerprint density at radius 3 is 2.50 bits per heavy atom. The van der Waals surface area contributed by atoms with Crippen molar-refractivity contribution < 1.29 is 9.84 Å². The third-order valence-electron chi connectivity index (χ3n) is 5.33. The fourth-order valence-electron chi connectivity index (χ4n) is 3.45. The third kappa shape index (κ3) is 8.15. The van der Waals surface area contributed by atoms with Crippen LogP contribution in [-0.4, -0.2) is 40.4 Å². The first-order valence-corrected chi connectivity index (χ1v) is 11.8. The van der Waals surface area contributed by atoms with E-state index in [1.165, 1.54) is 5.56 Å². The number of nitrogens with one attached hydrogen (secondary N) is 2. The number of aromatic amines is 1. The number of aliphatic hydroxyl groups excluding tert-OH is 1. The number of hydrogen-bond acceptors (Lipinski definition) is 5. The number of rotatable bonds is 11. The first kappa shape index (κ1) is 27.9. The van der Waals surface area contributed by atoms with Crippen LogP contribution in [0.1, 0.15) is 18.9 Å². The van der Waals surface area contributed by atoms with Crippen LogP contribution in [0.15, 0.2) is 78.3 Å². The van der Waals surface area contributed by atoms with Crippen LogP contribution in [0, 0.1) is 0 Å². The largest absolute Gasteiger partial charge is 0.491 e. The number of halogens is 2. The molecule has 2 heterocycles. The molecule has 34 heavy (non-hydrogen) atoms. The maximum atomic E-state index is 10.3. The van der Waals surface area contributed by atoms with E-state index in [4.69, 9.17) is 4.74 Å². The molecule has 0 bridgehead atoms. The molecule has 0 aliphatic heterocycles. The molecule has 5 nitrogen and oxygen atoms in total. The second-order valence-electron chi connectivity index (χ2n) is 7.93. The highest BCUT2D eigenvalue weighted by molar-refractivity contribution is 7.13. The number of H-pyrrole nitrogens is 1. The fourth-order valence-corrected chi connectivity index (χ4v) is 4.13. The van der Waals surface area contributed by atoms with Gasteiger partial charge in [0.15, 0.2) is 0 Å². The Bertz CT molecular complexity index is 1070. The molecule has 0 saturated heterocycles. The Balaban J connectivity index is 0.00000204. The average molecular weight is 521 g/mol. The summed E-state index contributed by atoms with van der Waals surface area (Å²) in [5, 5.41) is 15.7. The van der Waals surface area contributed by atoms with Gasteiger partial charge in [-0.15, -0.1) is 36.2 Å². The molecule has 4 aromatic rings. The Morgan fingerprint density at radius 2 is 1.79 bits per heavy atom. The summed E-state index contributed by atoms with van der Waals surface area (Å²) in [6.45, 7) is 2.90. The van der Waals surface area contributed by atoms with E-state index in [9.17, 15) is 5.11 Å². The molecule has 0 saturated carbocycles. The van der Waals surface area contributed by atoms with Crippen LogP contribution in [0.2, 0.25) is 0 Å². The minimum Gasteiger partial charge on any atom is -0.491 e. The number of imidazole rings is 1. The van der Waals surface area contributed by atoms with Crippen molar-refractivity contribution in [1.29, 1.82) is 0 Å². The summed E-state index contributed by atoms with van der Waals surface area (Å²) in [7, 11) is 0. The molecule has 8 heteroatoms. The molecular formula is C26H31Cl2N3O2S. The normalized spacial score (nSPS) is 12.3. The summed E-state index contributed by atoms with van der Waals surface area (Å²) in [5.41, 5.74) is 3.28. The van der Waals surface area contributed by atoms with Gasteiger partial charge in [0, 0.05) is 24.3 Å². The number of benzene rings is 2. The van der Waals surface area contributed by atoms with E-state index in [-0.39, 0.29) is 31.4 Å². The van der Waals surface area contributed by atoms with Crippen LogP contribution < -0.4 is 10.1 Å². The van der Waals surface area contributed by atoms with Crippen LogP contribution in [0.3, 0.4) is 0 Å². The number of nitrogens with zero attached hydrogens (tertiary/aromatic N) is 1. The van der Waals surface area contributed by atoms with Crippen LogP contribution in [-0.2, 0) is 6.42 Å². The zero-order valence-electron chi connectivity index (χ0n) is 19.0. The van der Waals surface area contributed by atoms with Gasteiger partial charge in [0.05, 0.1) is 10.6 Å². The highest BCUT2D eigenvalue weighted by Crippen LogP contribution is 2.26. The van der Waals surface area contributed by atoms with Crippen LogP contribution in [0.5, 0.6) is 5.75 Å². The highest BCUT2D eigenvalue weighted by atomic mass is 35.5. The van der Waals surface area contributed by atoms with Gasteiger partial charge < -0.3 is 20.1 Å². The second-order valence-corrected chi connectivity index (χ2v) is 8.88. The number of ether oxygens (including phenoxy) is 1. The first-order valence-electron chi connectivity index (χ1n) is 11.0. The Morgan fingerprint density at radius 1 is 1.03 bits per heavy atom. The summed E-state index contributed by atoms with van der Waals surface area (Å²) in [6.07, 6.45) is 3.42. The minimum absolute atomic E-state index is 0. The topological polar surface area (TPSA) is 70.2 Å². The van der Waals surface area contributed by atoms with Gasteiger partial charge in [-0.1, -0.05) is 36.4 Å². The summed E-state index contributed by atoms with van der Waals surface area (Å²) in [5.74, 6) is 1.56. The Labute approximate surface area is 217 Å². The molecule has 0 radical (unpaired) electrons. The molecule has 0 fully saturated rings. The average Bonchev–Trinajstić information content (AvgIpc) is 3.53. The van der Waals surface area contributed by atoms with Gasteiger partial charge in [-0.05, 0) is 61.0 Å². The van der Waals surface area contributed by atoms with E-state index < -0.39 is 6.10 Å². The van der Waals surface area contributed by atoms with Gasteiger partial charge in [0.25, 0.3) is 0 Å². The van der Waals surface area contributed by atoms with Crippen molar-refractivity contribution in [3.63, 3.8) is 0 Å².